The number of carbonyl (C=O) groups is 4. The molecule has 8 heteroatoms. The van der Waals surface area contributed by atoms with Crippen LogP contribution in [0.4, 0.5) is 10.5 Å². The Labute approximate surface area is 199 Å². The second-order valence-electron chi connectivity index (χ2n) is 9.02. The Morgan fingerprint density at radius 1 is 1.03 bits per heavy atom. The van der Waals surface area contributed by atoms with Crippen LogP contribution in [0.1, 0.15) is 54.9 Å². The number of hydrogen-bond acceptors (Lipinski definition) is 4. The van der Waals surface area contributed by atoms with Crippen molar-refractivity contribution in [3.63, 3.8) is 0 Å². The van der Waals surface area contributed by atoms with E-state index in [0.29, 0.717) is 36.6 Å². The van der Waals surface area contributed by atoms with Crippen LogP contribution in [0, 0.1) is 5.92 Å². The molecule has 1 saturated carbocycles. The predicted molar refractivity (Wildman–Crippen MR) is 128 cm³/mol. The number of anilines is 1. The van der Waals surface area contributed by atoms with Crippen molar-refractivity contribution in [2.45, 2.75) is 51.1 Å². The SMILES string of the molecule is CCC1CCC2(CC1)NC(=O)N(CC(=O)Nc1ccccc1C(=O)NCc1ccccc1)C2=O. The van der Waals surface area contributed by atoms with E-state index >= 15 is 0 Å². The number of nitrogens with one attached hydrogen (secondary N) is 3. The molecule has 2 aromatic carbocycles. The fraction of sp³-hybridized carbons (Fsp3) is 0.385. The number of amides is 5. The summed E-state index contributed by atoms with van der Waals surface area (Å²) in [5.41, 5.74) is 0.692. The molecule has 2 fully saturated rings. The summed E-state index contributed by atoms with van der Waals surface area (Å²) in [6.07, 6.45) is 4.02. The summed E-state index contributed by atoms with van der Waals surface area (Å²) in [5.74, 6) is -0.638. The molecule has 0 aromatic heterocycles. The molecule has 8 nitrogen and oxygen atoms in total. The van der Waals surface area contributed by atoms with Gasteiger partial charge in [0.1, 0.15) is 12.1 Å². The third-order valence-corrected chi connectivity index (χ3v) is 6.83. The second kappa shape index (κ2) is 10.1. The van der Waals surface area contributed by atoms with Crippen LogP contribution in [-0.2, 0) is 16.1 Å². The van der Waals surface area contributed by atoms with Gasteiger partial charge in [-0.15, -0.1) is 0 Å². The van der Waals surface area contributed by atoms with Crippen LogP contribution in [0.5, 0.6) is 0 Å². The van der Waals surface area contributed by atoms with Gasteiger partial charge >= 0.3 is 6.03 Å². The van der Waals surface area contributed by atoms with Crippen LogP contribution in [0.3, 0.4) is 0 Å². The van der Waals surface area contributed by atoms with Gasteiger partial charge < -0.3 is 16.0 Å². The molecule has 0 bridgehead atoms. The first-order chi connectivity index (χ1) is 16.4. The Morgan fingerprint density at radius 3 is 2.41 bits per heavy atom. The van der Waals surface area contributed by atoms with E-state index in [-0.39, 0.29) is 11.8 Å². The summed E-state index contributed by atoms with van der Waals surface area (Å²) >= 11 is 0. The molecule has 1 aliphatic heterocycles. The van der Waals surface area contributed by atoms with Gasteiger partial charge in [-0.1, -0.05) is 55.8 Å². The fourth-order valence-electron chi connectivity index (χ4n) is 4.73. The zero-order chi connectivity index (χ0) is 24.1. The molecule has 0 unspecified atom stereocenters. The lowest BCUT2D eigenvalue weighted by Gasteiger charge is -2.34. The highest BCUT2D eigenvalue weighted by molar-refractivity contribution is 6.11. The smallest absolute Gasteiger partial charge is 0.325 e. The van der Waals surface area contributed by atoms with Gasteiger partial charge in [0.15, 0.2) is 0 Å². The topological polar surface area (TPSA) is 108 Å². The van der Waals surface area contributed by atoms with E-state index < -0.39 is 24.0 Å². The van der Waals surface area contributed by atoms with E-state index in [1.54, 1.807) is 24.3 Å². The number of urea groups is 1. The summed E-state index contributed by atoms with van der Waals surface area (Å²) in [7, 11) is 0. The quantitative estimate of drug-likeness (QED) is 0.548. The van der Waals surface area contributed by atoms with Crippen molar-refractivity contribution in [2.24, 2.45) is 5.92 Å². The summed E-state index contributed by atoms with van der Waals surface area (Å²) in [4.78, 5) is 52.1. The Bertz CT molecular complexity index is 1080. The van der Waals surface area contributed by atoms with Crippen molar-refractivity contribution in [1.82, 2.24) is 15.5 Å². The predicted octanol–water partition coefficient (Wildman–Crippen LogP) is 3.45. The molecule has 5 amide bonds. The number of nitrogens with zero attached hydrogens (tertiary/aromatic N) is 1. The molecule has 0 radical (unpaired) electrons. The highest BCUT2D eigenvalue weighted by atomic mass is 16.2. The molecule has 0 atom stereocenters. The second-order valence-corrected chi connectivity index (χ2v) is 9.02. The monoisotopic (exact) mass is 462 g/mol. The van der Waals surface area contributed by atoms with Crippen LogP contribution in [-0.4, -0.2) is 40.7 Å². The summed E-state index contributed by atoms with van der Waals surface area (Å²) < 4.78 is 0. The Hall–Kier alpha value is -3.68. The van der Waals surface area contributed by atoms with Gasteiger partial charge in [0.2, 0.25) is 5.91 Å². The van der Waals surface area contributed by atoms with Crippen molar-refractivity contribution in [1.29, 1.82) is 0 Å². The van der Waals surface area contributed by atoms with Gasteiger partial charge in [-0.05, 0) is 49.3 Å². The van der Waals surface area contributed by atoms with Gasteiger partial charge in [-0.2, -0.15) is 0 Å². The first-order valence-electron chi connectivity index (χ1n) is 11.8. The van der Waals surface area contributed by atoms with E-state index in [4.69, 9.17) is 0 Å². The van der Waals surface area contributed by atoms with Crippen LogP contribution >= 0.6 is 0 Å². The third-order valence-electron chi connectivity index (χ3n) is 6.83. The first-order valence-corrected chi connectivity index (χ1v) is 11.8. The average Bonchev–Trinajstić information content (AvgIpc) is 3.08. The molecule has 1 heterocycles. The molecule has 1 spiro atoms. The molecule has 178 valence electrons. The lowest BCUT2D eigenvalue weighted by atomic mass is 9.75. The Balaban J connectivity index is 1.38. The number of rotatable bonds is 7. The summed E-state index contributed by atoms with van der Waals surface area (Å²) in [6.45, 7) is 2.09. The van der Waals surface area contributed by atoms with E-state index in [0.717, 1.165) is 29.7 Å². The highest BCUT2D eigenvalue weighted by Crippen LogP contribution is 2.37. The van der Waals surface area contributed by atoms with Gasteiger partial charge in [-0.25, -0.2) is 4.79 Å². The number of carbonyl (C=O) groups excluding carboxylic acids is 4. The van der Waals surface area contributed by atoms with Crippen molar-refractivity contribution in [3.8, 4) is 0 Å². The molecule has 1 saturated heterocycles. The molecule has 34 heavy (non-hydrogen) atoms. The number of imide groups is 1. The van der Waals surface area contributed by atoms with Crippen LogP contribution in [0.2, 0.25) is 0 Å². The third kappa shape index (κ3) is 4.95. The van der Waals surface area contributed by atoms with Crippen molar-refractivity contribution in [2.75, 3.05) is 11.9 Å². The minimum absolute atomic E-state index is 0.304. The van der Waals surface area contributed by atoms with Crippen molar-refractivity contribution >= 4 is 29.4 Å². The highest BCUT2D eigenvalue weighted by Gasteiger charge is 2.52. The van der Waals surface area contributed by atoms with Crippen molar-refractivity contribution in [3.05, 3.63) is 65.7 Å². The van der Waals surface area contributed by atoms with Gasteiger partial charge in [0.05, 0.1) is 11.3 Å². The Kier molecular flexibility index (Phi) is 6.95. The standard InChI is InChI=1S/C26H30N4O4/c1-2-18-12-14-26(15-13-18)24(33)30(25(34)29-26)17-22(31)28-21-11-7-6-10-20(21)23(32)27-16-19-8-4-3-5-9-19/h3-11,18H,2,12-17H2,1H3,(H,27,32)(H,28,31)(H,29,34). The molecular formula is C26H30N4O4. The van der Waals surface area contributed by atoms with Crippen LogP contribution < -0.4 is 16.0 Å². The average molecular weight is 463 g/mol. The largest absolute Gasteiger partial charge is 0.348 e. The van der Waals surface area contributed by atoms with Gasteiger partial charge in [0, 0.05) is 6.54 Å². The van der Waals surface area contributed by atoms with E-state index in [1.807, 2.05) is 30.3 Å². The van der Waals surface area contributed by atoms with Crippen molar-refractivity contribution < 1.29 is 19.2 Å². The van der Waals surface area contributed by atoms with Gasteiger partial charge in [0.25, 0.3) is 11.8 Å². The first kappa shape index (κ1) is 23.5. The van der Waals surface area contributed by atoms with E-state index in [2.05, 4.69) is 22.9 Å². The van der Waals surface area contributed by atoms with Crippen LogP contribution in [0.15, 0.2) is 54.6 Å². The van der Waals surface area contributed by atoms with Gasteiger partial charge in [-0.3, -0.25) is 19.3 Å². The fourth-order valence-corrected chi connectivity index (χ4v) is 4.73. The molecule has 4 rings (SSSR count). The maximum atomic E-state index is 13.1. The lowest BCUT2D eigenvalue weighted by molar-refractivity contribution is -0.135. The number of para-hydroxylation sites is 1. The maximum Gasteiger partial charge on any atom is 0.325 e. The molecule has 2 aliphatic rings. The molecule has 1 aliphatic carbocycles. The lowest BCUT2D eigenvalue weighted by Crippen LogP contribution is -2.49. The maximum absolute atomic E-state index is 13.1. The molecule has 3 N–H and O–H groups in total. The zero-order valence-corrected chi connectivity index (χ0v) is 19.3. The van der Waals surface area contributed by atoms with E-state index in [9.17, 15) is 19.2 Å². The normalized spacial score (nSPS) is 21.9. The summed E-state index contributed by atoms with van der Waals surface area (Å²) in [5, 5.41) is 8.37. The molecule has 2 aromatic rings. The minimum atomic E-state index is -0.891. The van der Waals surface area contributed by atoms with E-state index in [1.165, 1.54) is 0 Å². The number of hydrogen-bond donors (Lipinski definition) is 3. The molecular weight excluding hydrogens is 432 g/mol. The van der Waals surface area contributed by atoms with Crippen LogP contribution in [0.25, 0.3) is 0 Å². The minimum Gasteiger partial charge on any atom is -0.348 e. The summed E-state index contributed by atoms with van der Waals surface area (Å²) in [6, 6.07) is 15.6. The zero-order valence-electron chi connectivity index (χ0n) is 19.3. The Morgan fingerprint density at radius 2 is 1.71 bits per heavy atom. The number of benzene rings is 2.